The Balaban J connectivity index is 1.75. The van der Waals surface area contributed by atoms with E-state index < -0.39 is 10.0 Å². The quantitative estimate of drug-likeness (QED) is 0.649. The van der Waals surface area contributed by atoms with Gasteiger partial charge in [-0.2, -0.15) is 0 Å². The number of ether oxygens (including phenoxy) is 1. The molecule has 0 bridgehead atoms. The molecule has 1 heterocycles. The number of likely N-dealkylation sites (tertiary alicyclic amines) is 1. The van der Waals surface area contributed by atoms with Crippen LogP contribution in [0.3, 0.4) is 0 Å². The minimum absolute atomic E-state index is 0.0231. The number of hydrogen-bond donors (Lipinski definition) is 1. The van der Waals surface area contributed by atoms with E-state index in [1.807, 2.05) is 30.3 Å². The van der Waals surface area contributed by atoms with Crippen LogP contribution in [0.5, 0.6) is 5.75 Å². The van der Waals surface area contributed by atoms with Crippen molar-refractivity contribution in [3.63, 3.8) is 0 Å². The first-order valence-corrected chi connectivity index (χ1v) is 12.5. The maximum Gasteiger partial charge on any atom is 0.211 e. The summed E-state index contributed by atoms with van der Waals surface area (Å²) in [6.07, 6.45) is 1.79. The molecule has 0 aromatic heterocycles. The molecule has 2 aromatic carbocycles. The molecular formula is C24H34N2O3S. The average Bonchev–Trinajstić information content (AvgIpc) is 2.74. The van der Waals surface area contributed by atoms with Gasteiger partial charge in [0.25, 0.3) is 0 Å². The standard InChI is InChI=1S/C24H34N2O3S/c1-4-30(27,28)25-23-11-8-16-26(17-20-9-6-5-7-10-20)24(23)18-29-22-14-12-21(13-15-22)19(2)3/h5-7,9-10,12-15,19,23-25H,4,8,11,16-18H2,1-3H3/t23-,24-/m1/s1. The maximum atomic E-state index is 12.3. The van der Waals surface area contributed by atoms with Crippen LogP contribution >= 0.6 is 0 Å². The van der Waals surface area contributed by atoms with E-state index >= 15 is 0 Å². The number of nitrogens with one attached hydrogen (secondary N) is 1. The van der Waals surface area contributed by atoms with E-state index in [4.69, 9.17) is 4.74 Å². The van der Waals surface area contributed by atoms with Gasteiger partial charge in [0.2, 0.25) is 10.0 Å². The zero-order valence-electron chi connectivity index (χ0n) is 18.3. The van der Waals surface area contributed by atoms with Crippen LogP contribution in [0.2, 0.25) is 0 Å². The Hall–Kier alpha value is -1.89. The third-order valence-corrected chi connectivity index (χ3v) is 7.22. The predicted octanol–water partition coefficient (Wildman–Crippen LogP) is 4.16. The lowest BCUT2D eigenvalue weighted by molar-refractivity contribution is 0.0725. The van der Waals surface area contributed by atoms with Gasteiger partial charge in [-0.15, -0.1) is 0 Å². The summed E-state index contributed by atoms with van der Waals surface area (Å²) in [7, 11) is -3.28. The van der Waals surface area contributed by atoms with E-state index in [2.05, 4.69) is 47.7 Å². The molecule has 1 N–H and O–H groups in total. The zero-order valence-corrected chi connectivity index (χ0v) is 19.1. The summed E-state index contributed by atoms with van der Waals surface area (Å²) in [5.41, 5.74) is 2.50. The van der Waals surface area contributed by atoms with Gasteiger partial charge >= 0.3 is 0 Å². The summed E-state index contributed by atoms with van der Waals surface area (Å²) in [5, 5.41) is 0. The van der Waals surface area contributed by atoms with Crippen LogP contribution in [0, 0.1) is 0 Å². The summed E-state index contributed by atoms with van der Waals surface area (Å²) in [6.45, 7) is 8.18. The second-order valence-electron chi connectivity index (χ2n) is 8.33. The second-order valence-corrected chi connectivity index (χ2v) is 10.4. The van der Waals surface area contributed by atoms with Crippen molar-refractivity contribution in [2.45, 2.75) is 58.2 Å². The maximum absolute atomic E-state index is 12.3. The molecule has 5 nitrogen and oxygen atoms in total. The van der Waals surface area contributed by atoms with E-state index in [9.17, 15) is 8.42 Å². The first-order valence-electron chi connectivity index (χ1n) is 10.9. The Morgan fingerprint density at radius 2 is 1.80 bits per heavy atom. The molecule has 0 unspecified atom stereocenters. The Kier molecular flexibility index (Phi) is 7.92. The van der Waals surface area contributed by atoms with Crippen molar-refractivity contribution < 1.29 is 13.2 Å². The molecule has 1 aliphatic heterocycles. The summed E-state index contributed by atoms with van der Waals surface area (Å²) in [6, 6.07) is 18.4. The Morgan fingerprint density at radius 3 is 2.43 bits per heavy atom. The van der Waals surface area contributed by atoms with Gasteiger partial charge in [0.15, 0.2) is 0 Å². The van der Waals surface area contributed by atoms with Gasteiger partial charge in [-0.3, -0.25) is 4.90 Å². The molecule has 164 valence electrons. The van der Waals surface area contributed by atoms with Crippen LogP contribution in [0.15, 0.2) is 54.6 Å². The molecule has 1 aliphatic rings. The SMILES string of the molecule is CCS(=O)(=O)N[C@@H]1CCCN(Cc2ccccc2)[C@@H]1COc1ccc(C(C)C)cc1. The first kappa shape index (κ1) is 22.8. The number of sulfonamides is 1. The van der Waals surface area contributed by atoms with Gasteiger partial charge in [-0.1, -0.05) is 56.3 Å². The first-order chi connectivity index (χ1) is 14.4. The third-order valence-electron chi connectivity index (χ3n) is 5.80. The van der Waals surface area contributed by atoms with Crippen molar-refractivity contribution >= 4 is 10.0 Å². The van der Waals surface area contributed by atoms with E-state index in [-0.39, 0.29) is 17.8 Å². The summed E-state index contributed by atoms with van der Waals surface area (Å²) in [4.78, 5) is 2.35. The molecule has 2 atom stereocenters. The van der Waals surface area contributed by atoms with Crippen molar-refractivity contribution in [3.05, 3.63) is 65.7 Å². The molecule has 0 saturated carbocycles. The van der Waals surface area contributed by atoms with E-state index in [1.54, 1.807) is 6.92 Å². The largest absolute Gasteiger partial charge is 0.492 e. The van der Waals surface area contributed by atoms with Gasteiger partial charge in [0.1, 0.15) is 12.4 Å². The van der Waals surface area contributed by atoms with Crippen LogP contribution < -0.4 is 9.46 Å². The monoisotopic (exact) mass is 430 g/mol. The second kappa shape index (κ2) is 10.4. The summed E-state index contributed by atoms with van der Waals surface area (Å²) >= 11 is 0. The number of rotatable bonds is 9. The van der Waals surface area contributed by atoms with Crippen molar-refractivity contribution in [1.29, 1.82) is 0 Å². The number of hydrogen-bond acceptors (Lipinski definition) is 4. The third kappa shape index (κ3) is 6.30. The Labute approximate surface area is 181 Å². The topological polar surface area (TPSA) is 58.6 Å². The molecule has 0 radical (unpaired) electrons. The molecule has 1 saturated heterocycles. The molecule has 0 spiro atoms. The highest BCUT2D eigenvalue weighted by molar-refractivity contribution is 7.89. The molecule has 1 fully saturated rings. The Bertz CT molecular complexity index is 882. The summed E-state index contributed by atoms with van der Waals surface area (Å²) in [5.74, 6) is 1.39. The fourth-order valence-corrected chi connectivity index (χ4v) is 4.85. The summed E-state index contributed by atoms with van der Waals surface area (Å²) < 4.78 is 33.6. The lowest BCUT2D eigenvalue weighted by Gasteiger charge is -2.41. The minimum Gasteiger partial charge on any atom is -0.492 e. The number of benzene rings is 2. The van der Waals surface area contributed by atoms with Crippen LogP contribution in [0.1, 0.15) is 50.7 Å². The smallest absolute Gasteiger partial charge is 0.211 e. The van der Waals surface area contributed by atoms with Crippen LogP contribution in [-0.4, -0.2) is 44.3 Å². The molecule has 3 rings (SSSR count). The normalized spacial score (nSPS) is 20.4. The predicted molar refractivity (Wildman–Crippen MR) is 122 cm³/mol. The van der Waals surface area contributed by atoms with Crippen LogP contribution in [-0.2, 0) is 16.6 Å². The van der Waals surface area contributed by atoms with Gasteiger partial charge in [-0.25, -0.2) is 13.1 Å². The highest BCUT2D eigenvalue weighted by atomic mass is 32.2. The van der Waals surface area contributed by atoms with Gasteiger partial charge in [-0.05, 0) is 55.5 Å². The molecule has 2 aromatic rings. The van der Waals surface area contributed by atoms with E-state index in [0.717, 1.165) is 31.7 Å². The molecule has 6 heteroatoms. The molecular weight excluding hydrogens is 396 g/mol. The van der Waals surface area contributed by atoms with Crippen molar-refractivity contribution in [2.24, 2.45) is 0 Å². The molecule has 0 amide bonds. The number of nitrogens with zero attached hydrogens (tertiary/aromatic N) is 1. The van der Waals surface area contributed by atoms with Gasteiger partial charge in [0.05, 0.1) is 11.8 Å². The van der Waals surface area contributed by atoms with Gasteiger partial charge in [0, 0.05) is 12.6 Å². The van der Waals surface area contributed by atoms with Crippen molar-refractivity contribution in [3.8, 4) is 5.75 Å². The van der Waals surface area contributed by atoms with E-state index in [1.165, 1.54) is 11.1 Å². The minimum atomic E-state index is -3.28. The van der Waals surface area contributed by atoms with Crippen LogP contribution in [0.25, 0.3) is 0 Å². The van der Waals surface area contributed by atoms with Crippen LogP contribution in [0.4, 0.5) is 0 Å². The van der Waals surface area contributed by atoms with Gasteiger partial charge < -0.3 is 4.74 Å². The van der Waals surface area contributed by atoms with Crippen molar-refractivity contribution in [1.82, 2.24) is 9.62 Å². The Morgan fingerprint density at radius 1 is 1.10 bits per heavy atom. The lowest BCUT2D eigenvalue weighted by Crippen LogP contribution is -2.57. The average molecular weight is 431 g/mol. The lowest BCUT2D eigenvalue weighted by atomic mass is 9.96. The number of piperidine rings is 1. The molecule has 0 aliphatic carbocycles. The fourth-order valence-electron chi connectivity index (χ4n) is 3.94. The fraction of sp³-hybridized carbons (Fsp3) is 0.500. The van der Waals surface area contributed by atoms with E-state index in [0.29, 0.717) is 12.5 Å². The molecule has 30 heavy (non-hydrogen) atoms. The highest BCUT2D eigenvalue weighted by Crippen LogP contribution is 2.24. The zero-order chi connectivity index (χ0) is 21.6. The highest BCUT2D eigenvalue weighted by Gasteiger charge is 2.34. The van der Waals surface area contributed by atoms with Crippen molar-refractivity contribution in [2.75, 3.05) is 18.9 Å².